The maximum atomic E-state index is 13.8. The SMILES string of the molecule is Cn1c2ccccc2c2c(-c3ccc(C(F)(F)F)cc3)c(-c3ccc(C(F)(F)F)cc3)c(-c3ccc(C(F)(F)F)cc3)c(-c3ccc(C(F)(F)F)cc3)c21. The van der Waals surface area contributed by atoms with E-state index < -0.39 is 47.0 Å². The van der Waals surface area contributed by atoms with Gasteiger partial charge in [0, 0.05) is 40.0 Å². The van der Waals surface area contributed by atoms with Gasteiger partial charge in [0.25, 0.3) is 0 Å². The molecule has 0 aliphatic carbocycles. The highest BCUT2D eigenvalue weighted by molar-refractivity contribution is 6.25. The Kier molecular flexibility index (Phi) is 8.62. The van der Waals surface area contributed by atoms with Crippen LogP contribution in [-0.2, 0) is 31.8 Å². The molecule has 0 saturated carbocycles. The van der Waals surface area contributed by atoms with Gasteiger partial charge >= 0.3 is 24.7 Å². The number of para-hydroxylation sites is 1. The average Bonchev–Trinajstić information content (AvgIpc) is 3.41. The molecule has 0 N–H and O–H groups in total. The van der Waals surface area contributed by atoms with Gasteiger partial charge < -0.3 is 4.57 Å². The second-order valence-corrected chi connectivity index (χ2v) is 12.6. The zero-order chi connectivity index (χ0) is 39.0. The normalized spacial score (nSPS) is 12.9. The average molecular weight is 758 g/mol. The molecule has 0 aliphatic rings. The van der Waals surface area contributed by atoms with E-state index in [9.17, 15) is 52.7 Å². The topological polar surface area (TPSA) is 4.93 Å². The van der Waals surface area contributed by atoms with Gasteiger partial charge in [0.1, 0.15) is 0 Å². The molecule has 7 aromatic rings. The van der Waals surface area contributed by atoms with E-state index in [1.54, 1.807) is 35.9 Å². The van der Waals surface area contributed by atoms with E-state index in [-0.39, 0.29) is 44.5 Å². The summed E-state index contributed by atoms with van der Waals surface area (Å²) in [5.74, 6) is 0. The Balaban J connectivity index is 1.73. The number of hydrogen-bond donors (Lipinski definition) is 0. The van der Waals surface area contributed by atoms with Crippen LogP contribution in [0.15, 0.2) is 121 Å². The fraction of sp³-hybridized carbons (Fsp3) is 0.122. The third-order valence-electron chi connectivity index (χ3n) is 9.35. The summed E-state index contributed by atoms with van der Waals surface area (Å²) in [5.41, 5.74) is -1.79. The second kappa shape index (κ2) is 12.7. The molecule has 276 valence electrons. The molecule has 0 unspecified atom stereocenters. The van der Waals surface area contributed by atoms with E-state index in [2.05, 4.69) is 0 Å². The van der Waals surface area contributed by atoms with Gasteiger partial charge in [0.05, 0.1) is 27.8 Å². The van der Waals surface area contributed by atoms with Gasteiger partial charge in [0.2, 0.25) is 0 Å². The molecular weight excluding hydrogens is 734 g/mol. The van der Waals surface area contributed by atoms with Crippen molar-refractivity contribution in [2.45, 2.75) is 24.7 Å². The van der Waals surface area contributed by atoms with Gasteiger partial charge in [-0.1, -0.05) is 66.7 Å². The van der Waals surface area contributed by atoms with Crippen molar-refractivity contribution < 1.29 is 52.7 Å². The van der Waals surface area contributed by atoms with E-state index in [0.717, 1.165) is 72.8 Å². The molecule has 0 aliphatic heterocycles. The fourth-order valence-corrected chi connectivity index (χ4v) is 6.88. The van der Waals surface area contributed by atoms with Crippen molar-refractivity contribution >= 4 is 21.8 Å². The number of hydrogen-bond acceptors (Lipinski definition) is 0. The van der Waals surface area contributed by atoms with Crippen LogP contribution in [0.3, 0.4) is 0 Å². The van der Waals surface area contributed by atoms with Crippen LogP contribution >= 0.6 is 0 Å². The zero-order valence-electron chi connectivity index (χ0n) is 27.5. The van der Waals surface area contributed by atoms with Gasteiger partial charge in [-0.05, 0) is 82.4 Å². The smallest absolute Gasteiger partial charge is 0.343 e. The highest BCUT2D eigenvalue weighted by Gasteiger charge is 2.35. The summed E-state index contributed by atoms with van der Waals surface area (Å²) >= 11 is 0. The largest absolute Gasteiger partial charge is 0.416 e. The van der Waals surface area contributed by atoms with Crippen LogP contribution in [0.25, 0.3) is 66.3 Å². The minimum atomic E-state index is -4.75. The monoisotopic (exact) mass is 757 g/mol. The minimum Gasteiger partial charge on any atom is -0.343 e. The molecule has 7 rings (SSSR count). The third-order valence-corrected chi connectivity index (χ3v) is 9.35. The minimum absolute atomic E-state index is 0.105. The van der Waals surface area contributed by atoms with E-state index >= 15 is 0 Å². The molecule has 1 heterocycles. The number of fused-ring (bicyclic) bond motifs is 3. The van der Waals surface area contributed by atoms with Crippen LogP contribution in [0.5, 0.6) is 0 Å². The van der Waals surface area contributed by atoms with Crippen molar-refractivity contribution in [1.82, 2.24) is 4.57 Å². The summed E-state index contributed by atoms with van der Waals surface area (Å²) in [4.78, 5) is 0. The number of aromatic nitrogens is 1. The van der Waals surface area contributed by atoms with E-state index in [4.69, 9.17) is 0 Å². The first-order valence-electron chi connectivity index (χ1n) is 16.0. The van der Waals surface area contributed by atoms with E-state index in [0.29, 0.717) is 21.8 Å². The lowest BCUT2D eigenvalue weighted by atomic mass is 9.79. The molecule has 1 nitrogen and oxygen atoms in total. The predicted octanol–water partition coefficient (Wildman–Crippen LogP) is 14.1. The molecule has 6 aromatic carbocycles. The summed E-state index contributed by atoms with van der Waals surface area (Å²) in [6.07, 6.45) is -18.9. The molecular formula is C41H23F12N. The van der Waals surface area contributed by atoms with E-state index in [1.807, 2.05) is 0 Å². The van der Waals surface area contributed by atoms with Gasteiger partial charge in [0.15, 0.2) is 0 Å². The first-order valence-corrected chi connectivity index (χ1v) is 16.0. The maximum Gasteiger partial charge on any atom is 0.416 e. The summed E-state index contributed by atoms with van der Waals surface area (Å²) in [7, 11) is 1.66. The van der Waals surface area contributed by atoms with Crippen LogP contribution in [-0.4, -0.2) is 4.57 Å². The molecule has 0 bridgehead atoms. The number of nitrogens with zero attached hydrogens (tertiary/aromatic N) is 1. The summed E-state index contributed by atoms with van der Waals surface area (Å²) in [6, 6.07) is 22.7. The van der Waals surface area contributed by atoms with Crippen molar-refractivity contribution in [3.05, 3.63) is 144 Å². The van der Waals surface area contributed by atoms with Crippen LogP contribution in [0, 0.1) is 0 Å². The Morgan fingerprint density at radius 3 is 1.00 bits per heavy atom. The highest BCUT2D eigenvalue weighted by Crippen LogP contribution is 2.54. The Bertz CT molecular complexity index is 2500. The number of aryl methyl sites for hydroxylation is 1. The number of rotatable bonds is 4. The summed E-state index contributed by atoms with van der Waals surface area (Å²) in [6.45, 7) is 0. The van der Waals surface area contributed by atoms with Crippen LogP contribution in [0.4, 0.5) is 52.7 Å². The van der Waals surface area contributed by atoms with Crippen molar-refractivity contribution in [2.24, 2.45) is 7.05 Å². The van der Waals surface area contributed by atoms with Gasteiger partial charge in [-0.2, -0.15) is 52.7 Å². The predicted molar refractivity (Wildman–Crippen MR) is 182 cm³/mol. The molecule has 0 atom stereocenters. The molecule has 0 radical (unpaired) electrons. The number of benzene rings is 6. The quantitative estimate of drug-likeness (QED) is 0.158. The van der Waals surface area contributed by atoms with Crippen molar-refractivity contribution in [1.29, 1.82) is 0 Å². The summed E-state index contributed by atoms with van der Waals surface area (Å²) in [5, 5.41) is 0.943. The van der Waals surface area contributed by atoms with Crippen molar-refractivity contribution in [3.8, 4) is 44.5 Å². The maximum absolute atomic E-state index is 13.8. The molecule has 0 fully saturated rings. The van der Waals surface area contributed by atoms with E-state index in [1.165, 1.54) is 24.3 Å². The van der Waals surface area contributed by atoms with Gasteiger partial charge in [-0.3, -0.25) is 0 Å². The first kappa shape index (κ1) is 36.6. The zero-order valence-corrected chi connectivity index (χ0v) is 27.5. The Morgan fingerprint density at radius 2 is 0.648 bits per heavy atom. The number of alkyl halides is 12. The third kappa shape index (κ3) is 6.45. The fourth-order valence-electron chi connectivity index (χ4n) is 6.88. The lowest BCUT2D eigenvalue weighted by molar-refractivity contribution is -0.138. The van der Waals surface area contributed by atoms with Crippen LogP contribution in [0.2, 0.25) is 0 Å². The lowest BCUT2D eigenvalue weighted by Gasteiger charge is -2.24. The molecule has 0 saturated heterocycles. The highest BCUT2D eigenvalue weighted by atomic mass is 19.4. The second-order valence-electron chi connectivity index (χ2n) is 12.6. The standard InChI is InChI=1S/C41H23F12N/c1-54-31-5-3-2-4-30(31)36-34(24-10-18-28(19-11-24)40(48,49)50)32(22-6-14-26(15-7-22)38(42,43)44)33(23-8-16-27(17-9-23)39(45,46)47)35(37(36)54)25-12-20-29(21-13-25)41(51,52)53/h2-21H,1H3. The van der Waals surface area contributed by atoms with Crippen LogP contribution < -0.4 is 0 Å². The summed E-state index contributed by atoms with van der Waals surface area (Å²) < 4.78 is 167. The van der Waals surface area contributed by atoms with Gasteiger partial charge in [-0.15, -0.1) is 0 Å². The molecule has 1 aromatic heterocycles. The Hall–Kier alpha value is -5.72. The number of halogens is 12. The van der Waals surface area contributed by atoms with Gasteiger partial charge in [-0.25, -0.2) is 0 Å². The molecule has 0 spiro atoms. The van der Waals surface area contributed by atoms with Crippen molar-refractivity contribution in [2.75, 3.05) is 0 Å². The van der Waals surface area contributed by atoms with Crippen LogP contribution in [0.1, 0.15) is 22.3 Å². The molecule has 0 amide bonds. The Morgan fingerprint density at radius 1 is 0.352 bits per heavy atom. The van der Waals surface area contributed by atoms with Crippen molar-refractivity contribution in [3.63, 3.8) is 0 Å². The molecule has 13 heteroatoms. The Labute approximate surface area is 298 Å². The first-order chi connectivity index (χ1) is 25.2. The lowest BCUT2D eigenvalue weighted by Crippen LogP contribution is -2.06. The molecule has 54 heavy (non-hydrogen) atoms.